The Morgan fingerprint density at radius 2 is 1.61 bits per heavy atom. The highest BCUT2D eigenvalue weighted by molar-refractivity contribution is 7.12. The minimum atomic E-state index is -0.186. The number of aryl methyl sites for hydroxylation is 1. The third-order valence-electron chi connectivity index (χ3n) is 5.73. The number of hydrogen-bond acceptors (Lipinski definition) is 4. The topological polar surface area (TPSA) is 69.7 Å². The van der Waals surface area contributed by atoms with Crippen molar-refractivity contribution in [3.05, 3.63) is 88.1 Å². The van der Waals surface area contributed by atoms with Gasteiger partial charge in [-0.3, -0.25) is 14.4 Å². The summed E-state index contributed by atoms with van der Waals surface area (Å²) in [6.45, 7) is 2.11. The average Bonchev–Trinajstić information content (AvgIpc) is 3.40. The van der Waals surface area contributed by atoms with Gasteiger partial charge in [0.25, 0.3) is 11.8 Å². The van der Waals surface area contributed by atoms with E-state index in [4.69, 9.17) is 0 Å². The van der Waals surface area contributed by atoms with Crippen LogP contribution >= 0.6 is 11.3 Å². The first-order valence-electron chi connectivity index (χ1n) is 11.2. The molecule has 0 bridgehead atoms. The van der Waals surface area contributed by atoms with Gasteiger partial charge in [-0.15, -0.1) is 11.3 Å². The molecule has 1 fully saturated rings. The summed E-state index contributed by atoms with van der Waals surface area (Å²) in [7, 11) is 0. The highest BCUT2D eigenvalue weighted by atomic mass is 32.1. The molecule has 1 aliphatic rings. The molecular formula is C26H27N3O3S. The molecule has 6 nitrogen and oxygen atoms in total. The van der Waals surface area contributed by atoms with E-state index in [2.05, 4.69) is 17.4 Å². The highest BCUT2D eigenvalue weighted by Crippen LogP contribution is 2.17. The van der Waals surface area contributed by atoms with Crippen LogP contribution in [0.3, 0.4) is 0 Å². The second kappa shape index (κ2) is 10.9. The molecule has 1 saturated heterocycles. The van der Waals surface area contributed by atoms with Crippen molar-refractivity contribution in [1.29, 1.82) is 0 Å². The number of carbonyl (C=O) groups excluding carboxylic acids is 3. The number of piperazine rings is 1. The number of benzene rings is 2. The third kappa shape index (κ3) is 6.08. The average molecular weight is 462 g/mol. The fraction of sp³-hybridized carbons (Fsp3) is 0.269. The van der Waals surface area contributed by atoms with Crippen LogP contribution in [0.4, 0.5) is 5.69 Å². The Kier molecular flexibility index (Phi) is 7.52. The summed E-state index contributed by atoms with van der Waals surface area (Å²) in [6, 6.07) is 20.8. The Labute approximate surface area is 197 Å². The summed E-state index contributed by atoms with van der Waals surface area (Å²) >= 11 is 1.37. The molecule has 4 rings (SSSR count). The fourth-order valence-electron chi connectivity index (χ4n) is 3.92. The van der Waals surface area contributed by atoms with E-state index >= 15 is 0 Å². The standard InChI is InChI=1S/C26H27N3O3S/c30-24(13-4-9-20-7-2-1-3-8-20)28-14-16-29(17-15-28)26(32)21-10-5-11-22(19-21)27-25(31)23-12-6-18-33-23/h1-3,5-8,10-12,18-19H,4,9,13-17H2,(H,27,31). The normalized spacial score (nSPS) is 13.6. The number of thiophene rings is 1. The molecule has 0 saturated carbocycles. The number of hydrogen-bond donors (Lipinski definition) is 1. The number of nitrogens with zero attached hydrogens (tertiary/aromatic N) is 2. The summed E-state index contributed by atoms with van der Waals surface area (Å²) in [5, 5.41) is 4.69. The molecule has 0 unspecified atom stereocenters. The molecule has 2 aromatic carbocycles. The Morgan fingerprint density at radius 1 is 0.848 bits per heavy atom. The van der Waals surface area contributed by atoms with Crippen molar-refractivity contribution in [3.8, 4) is 0 Å². The van der Waals surface area contributed by atoms with Crippen LogP contribution in [-0.4, -0.2) is 53.7 Å². The van der Waals surface area contributed by atoms with Crippen LogP contribution in [0.1, 0.15) is 38.4 Å². The lowest BCUT2D eigenvalue weighted by Crippen LogP contribution is -2.50. The summed E-state index contributed by atoms with van der Waals surface area (Å²) in [5.74, 6) is -0.122. The van der Waals surface area contributed by atoms with Crippen molar-refractivity contribution < 1.29 is 14.4 Å². The second-order valence-electron chi connectivity index (χ2n) is 8.02. The minimum Gasteiger partial charge on any atom is -0.339 e. The number of amides is 3. The van der Waals surface area contributed by atoms with E-state index < -0.39 is 0 Å². The van der Waals surface area contributed by atoms with Crippen LogP contribution in [0.15, 0.2) is 72.1 Å². The van der Waals surface area contributed by atoms with Crippen LogP contribution in [0.2, 0.25) is 0 Å². The Morgan fingerprint density at radius 3 is 2.33 bits per heavy atom. The summed E-state index contributed by atoms with van der Waals surface area (Å²) in [5.41, 5.74) is 2.36. The number of anilines is 1. The molecule has 0 aliphatic carbocycles. The molecule has 3 amide bonds. The van der Waals surface area contributed by atoms with Crippen molar-refractivity contribution in [2.24, 2.45) is 0 Å². The maximum absolute atomic E-state index is 13.0. The molecule has 1 aromatic heterocycles. The maximum atomic E-state index is 13.0. The van der Waals surface area contributed by atoms with E-state index in [-0.39, 0.29) is 17.7 Å². The van der Waals surface area contributed by atoms with E-state index in [1.54, 1.807) is 35.2 Å². The van der Waals surface area contributed by atoms with Crippen LogP contribution < -0.4 is 5.32 Å². The van der Waals surface area contributed by atoms with Gasteiger partial charge in [-0.25, -0.2) is 0 Å². The van der Waals surface area contributed by atoms with Gasteiger partial charge in [0.1, 0.15) is 0 Å². The summed E-state index contributed by atoms with van der Waals surface area (Å²) in [6.07, 6.45) is 2.24. The lowest BCUT2D eigenvalue weighted by molar-refractivity contribution is -0.132. The number of nitrogens with one attached hydrogen (secondary N) is 1. The smallest absolute Gasteiger partial charge is 0.265 e. The van der Waals surface area contributed by atoms with Gasteiger partial charge in [-0.2, -0.15) is 0 Å². The zero-order valence-electron chi connectivity index (χ0n) is 18.4. The van der Waals surface area contributed by atoms with Gasteiger partial charge < -0.3 is 15.1 Å². The van der Waals surface area contributed by atoms with Crippen LogP contribution in [0.5, 0.6) is 0 Å². The summed E-state index contributed by atoms with van der Waals surface area (Å²) in [4.78, 5) is 42.1. The van der Waals surface area contributed by atoms with E-state index in [0.717, 1.165) is 12.8 Å². The predicted octanol–water partition coefficient (Wildman–Crippen LogP) is 4.31. The van der Waals surface area contributed by atoms with Gasteiger partial charge in [-0.1, -0.05) is 42.5 Å². The Balaban J connectivity index is 1.26. The van der Waals surface area contributed by atoms with Gasteiger partial charge in [0.15, 0.2) is 0 Å². The Hall–Kier alpha value is -3.45. The largest absolute Gasteiger partial charge is 0.339 e. The van der Waals surface area contributed by atoms with E-state index in [9.17, 15) is 14.4 Å². The van der Waals surface area contributed by atoms with Crippen LogP contribution in [0.25, 0.3) is 0 Å². The first-order chi connectivity index (χ1) is 16.1. The zero-order chi connectivity index (χ0) is 23.0. The molecule has 170 valence electrons. The van der Waals surface area contributed by atoms with Gasteiger partial charge >= 0.3 is 0 Å². The highest BCUT2D eigenvalue weighted by Gasteiger charge is 2.24. The van der Waals surface area contributed by atoms with Crippen molar-refractivity contribution in [3.63, 3.8) is 0 Å². The van der Waals surface area contributed by atoms with Crippen molar-refractivity contribution in [2.45, 2.75) is 19.3 Å². The second-order valence-corrected chi connectivity index (χ2v) is 8.97. The lowest BCUT2D eigenvalue weighted by Gasteiger charge is -2.35. The van der Waals surface area contributed by atoms with Crippen molar-refractivity contribution in [2.75, 3.05) is 31.5 Å². The van der Waals surface area contributed by atoms with Crippen LogP contribution in [-0.2, 0) is 11.2 Å². The predicted molar refractivity (Wildman–Crippen MR) is 131 cm³/mol. The van der Waals surface area contributed by atoms with E-state index in [0.29, 0.717) is 48.7 Å². The molecule has 2 heterocycles. The number of carbonyl (C=O) groups is 3. The fourth-order valence-corrected chi connectivity index (χ4v) is 4.54. The molecule has 0 radical (unpaired) electrons. The zero-order valence-corrected chi connectivity index (χ0v) is 19.2. The first kappa shape index (κ1) is 22.7. The van der Waals surface area contributed by atoms with Crippen molar-refractivity contribution >= 4 is 34.7 Å². The van der Waals surface area contributed by atoms with E-state index in [1.807, 2.05) is 34.5 Å². The lowest BCUT2D eigenvalue weighted by atomic mass is 10.1. The maximum Gasteiger partial charge on any atom is 0.265 e. The Bertz CT molecular complexity index is 1090. The van der Waals surface area contributed by atoms with Crippen LogP contribution in [0, 0.1) is 0 Å². The SMILES string of the molecule is O=C(Nc1cccc(C(=O)N2CCN(C(=O)CCCc3ccccc3)CC2)c1)c1cccs1. The van der Waals surface area contributed by atoms with Gasteiger partial charge in [0.05, 0.1) is 4.88 Å². The molecule has 0 atom stereocenters. The molecular weight excluding hydrogens is 434 g/mol. The monoisotopic (exact) mass is 461 g/mol. The molecule has 0 spiro atoms. The molecule has 7 heteroatoms. The van der Waals surface area contributed by atoms with Gasteiger partial charge in [-0.05, 0) is 48.1 Å². The first-order valence-corrected chi connectivity index (χ1v) is 12.0. The molecule has 33 heavy (non-hydrogen) atoms. The number of rotatable bonds is 7. The van der Waals surface area contributed by atoms with E-state index in [1.165, 1.54) is 16.9 Å². The summed E-state index contributed by atoms with van der Waals surface area (Å²) < 4.78 is 0. The van der Waals surface area contributed by atoms with Gasteiger partial charge in [0.2, 0.25) is 5.91 Å². The van der Waals surface area contributed by atoms with Gasteiger partial charge in [0, 0.05) is 43.9 Å². The third-order valence-corrected chi connectivity index (χ3v) is 6.60. The molecule has 3 aromatic rings. The molecule has 1 aliphatic heterocycles. The molecule has 1 N–H and O–H groups in total. The quantitative estimate of drug-likeness (QED) is 0.570. The van der Waals surface area contributed by atoms with Crippen molar-refractivity contribution in [1.82, 2.24) is 9.80 Å². The minimum absolute atomic E-state index is 0.0848.